The third-order valence-corrected chi connectivity index (χ3v) is 2.39. The molecule has 1 saturated carbocycles. The Morgan fingerprint density at radius 1 is 1.36 bits per heavy atom. The van der Waals surface area contributed by atoms with Crippen LogP contribution in [0.2, 0.25) is 0 Å². The summed E-state index contributed by atoms with van der Waals surface area (Å²) in [6.07, 6.45) is 2.37. The summed E-state index contributed by atoms with van der Waals surface area (Å²) < 4.78 is 25.9. The Labute approximate surface area is 65.4 Å². The van der Waals surface area contributed by atoms with Gasteiger partial charge in [-0.3, -0.25) is 0 Å². The van der Waals surface area contributed by atoms with Gasteiger partial charge in [0.05, 0.1) is 0 Å². The van der Waals surface area contributed by atoms with Crippen molar-refractivity contribution in [3.05, 3.63) is 0 Å². The Bertz CT molecular complexity index is 123. The third-order valence-electron chi connectivity index (χ3n) is 2.39. The first kappa shape index (κ1) is 8.91. The van der Waals surface area contributed by atoms with Gasteiger partial charge in [-0.15, -0.1) is 0 Å². The highest BCUT2D eigenvalue weighted by atomic mass is 19.3. The molecule has 1 atom stereocenters. The van der Waals surface area contributed by atoms with Gasteiger partial charge in [0.15, 0.2) is 0 Å². The van der Waals surface area contributed by atoms with Crippen LogP contribution in [0.4, 0.5) is 8.78 Å². The summed E-state index contributed by atoms with van der Waals surface area (Å²) in [5.41, 5.74) is 0. The van der Waals surface area contributed by atoms with Gasteiger partial charge in [-0.2, -0.15) is 0 Å². The van der Waals surface area contributed by atoms with E-state index in [2.05, 4.69) is 0 Å². The maximum Gasteiger partial charge on any atom is 0.251 e. The molecule has 0 aromatic carbocycles. The number of alkyl halides is 2. The second kappa shape index (κ2) is 3.48. The van der Waals surface area contributed by atoms with E-state index in [4.69, 9.17) is 5.11 Å². The van der Waals surface area contributed by atoms with E-state index in [1.165, 1.54) is 0 Å². The van der Waals surface area contributed by atoms with Crippen LogP contribution in [0.3, 0.4) is 0 Å². The molecule has 3 heteroatoms. The smallest absolute Gasteiger partial charge is 0.251 e. The summed E-state index contributed by atoms with van der Waals surface area (Å²) in [5.74, 6) is -3.08. The standard InChI is InChI=1S/C8H14F2O/c9-8(10)5-2-1-3-7(8)4-6-11/h7,11H,1-6H2. The van der Waals surface area contributed by atoms with Gasteiger partial charge >= 0.3 is 0 Å². The van der Waals surface area contributed by atoms with Crippen LogP contribution < -0.4 is 0 Å². The predicted molar refractivity (Wildman–Crippen MR) is 38.6 cm³/mol. The van der Waals surface area contributed by atoms with E-state index in [9.17, 15) is 8.78 Å². The summed E-state index contributed by atoms with van der Waals surface area (Å²) in [5, 5.41) is 8.52. The minimum absolute atomic E-state index is 0.0116. The van der Waals surface area contributed by atoms with E-state index < -0.39 is 11.8 Å². The second-order valence-electron chi connectivity index (χ2n) is 3.22. The first-order valence-electron chi connectivity index (χ1n) is 4.15. The number of rotatable bonds is 2. The van der Waals surface area contributed by atoms with Crippen molar-refractivity contribution >= 4 is 0 Å². The molecule has 0 saturated heterocycles. The van der Waals surface area contributed by atoms with Crippen LogP contribution in [0.5, 0.6) is 0 Å². The van der Waals surface area contributed by atoms with Crippen molar-refractivity contribution in [2.45, 2.75) is 38.0 Å². The SMILES string of the molecule is OCCC1CCCCC1(F)F. The summed E-state index contributed by atoms with van der Waals surface area (Å²) >= 11 is 0. The number of aliphatic hydroxyl groups excluding tert-OH is 1. The van der Waals surface area contributed by atoms with Gasteiger partial charge in [0.2, 0.25) is 0 Å². The molecule has 1 nitrogen and oxygen atoms in total. The molecule has 1 aliphatic carbocycles. The zero-order valence-electron chi connectivity index (χ0n) is 6.52. The third kappa shape index (κ3) is 2.12. The average Bonchev–Trinajstić information content (AvgIpc) is 1.94. The van der Waals surface area contributed by atoms with E-state index in [0.717, 1.165) is 6.42 Å². The van der Waals surface area contributed by atoms with Gasteiger partial charge in [-0.1, -0.05) is 6.42 Å². The van der Waals surface area contributed by atoms with Crippen molar-refractivity contribution in [2.24, 2.45) is 5.92 Å². The van der Waals surface area contributed by atoms with Gasteiger partial charge in [0, 0.05) is 18.9 Å². The van der Waals surface area contributed by atoms with E-state index in [0.29, 0.717) is 12.8 Å². The molecule has 11 heavy (non-hydrogen) atoms. The van der Waals surface area contributed by atoms with Gasteiger partial charge in [-0.05, 0) is 19.3 Å². The Kier molecular flexibility index (Phi) is 2.82. The lowest BCUT2D eigenvalue weighted by Crippen LogP contribution is -2.32. The quantitative estimate of drug-likeness (QED) is 0.663. The fourth-order valence-corrected chi connectivity index (χ4v) is 1.68. The fraction of sp³-hybridized carbons (Fsp3) is 1.00. The molecular formula is C8H14F2O. The van der Waals surface area contributed by atoms with Crippen molar-refractivity contribution in [3.8, 4) is 0 Å². The zero-order valence-corrected chi connectivity index (χ0v) is 6.52. The highest BCUT2D eigenvalue weighted by Gasteiger charge is 2.40. The van der Waals surface area contributed by atoms with Crippen molar-refractivity contribution in [2.75, 3.05) is 6.61 Å². The predicted octanol–water partition coefficient (Wildman–Crippen LogP) is 2.19. The van der Waals surface area contributed by atoms with E-state index in [-0.39, 0.29) is 19.4 Å². The number of aliphatic hydroxyl groups is 1. The molecule has 0 radical (unpaired) electrons. The molecular weight excluding hydrogens is 150 g/mol. The maximum atomic E-state index is 12.9. The molecule has 0 heterocycles. The normalized spacial score (nSPS) is 30.3. The molecule has 1 fully saturated rings. The molecule has 66 valence electrons. The molecule has 1 aliphatic rings. The van der Waals surface area contributed by atoms with Crippen molar-refractivity contribution in [1.29, 1.82) is 0 Å². The van der Waals surface area contributed by atoms with Crippen LogP contribution in [0.1, 0.15) is 32.1 Å². The number of hydrogen-bond donors (Lipinski definition) is 1. The molecule has 0 amide bonds. The zero-order chi connectivity index (χ0) is 8.32. The Hall–Kier alpha value is -0.180. The second-order valence-corrected chi connectivity index (χ2v) is 3.22. The highest BCUT2D eigenvalue weighted by molar-refractivity contribution is 4.81. The Morgan fingerprint density at radius 3 is 2.64 bits per heavy atom. The van der Waals surface area contributed by atoms with Crippen LogP contribution in [0.25, 0.3) is 0 Å². The minimum Gasteiger partial charge on any atom is -0.396 e. The lowest BCUT2D eigenvalue weighted by atomic mass is 9.84. The van der Waals surface area contributed by atoms with Crippen molar-refractivity contribution in [1.82, 2.24) is 0 Å². The van der Waals surface area contributed by atoms with Crippen LogP contribution >= 0.6 is 0 Å². The fourth-order valence-electron chi connectivity index (χ4n) is 1.68. The minimum atomic E-state index is -2.51. The summed E-state index contributed by atoms with van der Waals surface area (Å²) in [6, 6.07) is 0. The molecule has 1 rings (SSSR count). The Morgan fingerprint density at radius 2 is 2.09 bits per heavy atom. The molecule has 0 bridgehead atoms. The lowest BCUT2D eigenvalue weighted by molar-refractivity contribution is -0.0917. The first-order chi connectivity index (χ1) is 5.17. The van der Waals surface area contributed by atoms with E-state index in [1.807, 2.05) is 0 Å². The van der Waals surface area contributed by atoms with Gasteiger partial charge in [0.25, 0.3) is 5.92 Å². The highest BCUT2D eigenvalue weighted by Crippen LogP contribution is 2.39. The van der Waals surface area contributed by atoms with Crippen LogP contribution in [0.15, 0.2) is 0 Å². The van der Waals surface area contributed by atoms with Crippen molar-refractivity contribution in [3.63, 3.8) is 0 Å². The average molecular weight is 164 g/mol. The van der Waals surface area contributed by atoms with Crippen molar-refractivity contribution < 1.29 is 13.9 Å². The number of halogens is 2. The molecule has 1 unspecified atom stereocenters. The van der Waals surface area contributed by atoms with Gasteiger partial charge in [0.1, 0.15) is 0 Å². The van der Waals surface area contributed by atoms with Gasteiger partial charge < -0.3 is 5.11 Å². The van der Waals surface area contributed by atoms with E-state index in [1.54, 1.807) is 0 Å². The van der Waals surface area contributed by atoms with Crippen LogP contribution in [-0.2, 0) is 0 Å². The molecule has 0 aromatic heterocycles. The molecule has 1 N–H and O–H groups in total. The van der Waals surface area contributed by atoms with Crippen LogP contribution in [0, 0.1) is 5.92 Å². The first-order valence-corrected chi connectivity index (χ1v) is 4.15. The van der Waals surface area contributed by atoms with Gasteiger partial charge in [-0.25, -0.2) is 8.78 Å². The summed E-state index contributed by atoms with van der Waals surface area (Å²) in [6.45, 7) is -0.111. The monoisotopic (exact) mass is 164 g/mol. The molecule has 0 aromatic rings. The molecule has 0 aliphatic heterocycles. The summed E-state index contributed by atoms with van der Waals surface area (Å²) in [7, 11) is 0. The maximum absolute atomic E-state index is 12.9. The lowest BCUT2D eigenvalue weighted by Gasteiger charge is -2.30. The van der Waals surface area contributed by atoms with Crippen LogP contribution in [-0.4, -0.2) is 17.6 Å². The van der Waals surface area contributed by atoms with E-state index >= 15 is 0 Å². The Balaban J connectivity index is 2.45. The summed E-state index contributed by atoms with van der Waals surface area (Å²) in [4.78, 5) is 0. The number of hydrogen-bond acceptors (Lipinski definition) is 1. The largest absolute Gasteiger partial charge is 0.396 e. The molecule has 0 spiro atoms. The topological polar surface area (TPSA) is 20.2 Å².